The maximum atomic E-state index is 12.4. The Labute approximate surface area is 147 Å². The number of rotatable bonds is 6. The number of carbonyl (C=O) groups excluding carboxylic acids is 1. The van der Waals surface area contributed by atoms with Gasteiger partial charge in [0.25, 0.3) is 0 Å². The van der Waals surface area contributed by atoms with Crippen molar-refractivity contribution in [1.82, 2.24) is 9.80 Å². The SMILES string of the molecule is CN(Cc1ccsc1)C(=O)CC1CN(Cc2ccccc2)CCO1. The first kappa shape index (κ1) is 17.1. The fourth-order valence-electron chi connectivity index (χ4n) is 2.98. The molecule has 0 bridgehead atoms. The minimum absolute atomic E-state index is 0.0140. The third-order valence-corrected chi connectivity index (χ3v) is 5.03. The van der Waals surface area contributed by atoms with Gasteiger partial charge in [-0.25, -0.2) is 0 Å². The third kappa shape index (κ3) is 4.90. The van der Waals surface area contributed by atoms with Gasteiger partial charge in [0.05, 0.1) is 19.1 Å². The molecule has 128 valence electrons. The van der Waals surface area contributed by atoms with Gasteiger partial charge in [-0.05, 0) is 28.0 Å². The fraction of sp³-hybridized carbons (Fsp3) is 0.421. The minimum atomic E-state index is -0.0140. The zero-order chi connectivity index (χ0) is 16.8. The van der Waals surface area contributed by atoms with E-state index in [0.29, 0.717) is 19.6 Å². The molecule has 1 unspecified atom stereocenters. The lowest BCUT2D eigenvalue weighted by molar-refractivity contribution is -0.135. The molecule has 1 aliphatic rings. The molecule has 24 heavy (non-hydrogen) atoms. The standard InChI is InChI=1S/C19H24N2O2S/c1-20(12-17-7-10-24-15-17)19(22)11-18-14-21(8-9-23-18)13-16-5-3-2-4-6-16/h2-7,10,15,18H,8-9,11-14H2,1H3. The average Bonchev–Trinajstić information content (AvgIpc) is 3.09. The van der Waals surface area contributed by atoms with Gasteiger partial charge in [-0.2, -0.15) is 11.3 Å². The number of nitrogens with zero attached hydrogens (tertiary/aromatic N) is 2. The monoisotopic (exact) mass is 344 g/mol. The molecule has 1 aromatic carbocycles. The molecule has 0 radical (unpaired) electrons. The Hall–Kier alpha value is -1.69. The Morgan fingerprint density at radius 3 is 2.88 bits per heavy atom. The van der Waals surface area contributed by atoms with Crippen molar-refractivity contribution >= 4 is 17.2 Å². The molecule has 3 rings (SSSR count). The second-order valence-electron chi connectivity index (χ2n) is 6.30. The van der Waals surface area contributed by atoms with Gasteiger partial charge in [0.1, 0.15) is 0 Å². The highest BCUT2D eigenvalue weighted by molar-refractivity contribution is 7.07. The molecule has 5 heteroatoms. The molecule has 1 saturated heterocycles. The van der Waals surface area contributed by atoms with Crippen molar-refractivity contribution in [3.8, 4) is 0 Å². The van der Waals surface area contributed by atoms with Crippen molar-refractivity contribution < 1.29 is 9.53 Å². The molecule has 0 N–H and O–H groups in total. The normalized spacial score (nSPS) is 18.5. The topological polar surface area (TPSA) is 32.8 Å². The lowest BCUT2D eigenvalue weighted by atomic mass is 10.1. The summed E-state index contributed by atoms with van der Waals surface area (Å²) in [6.07, 6.45) is 0.436. The van der Waals surface area contributed by atoms with Crippen molar-refractivity contribution in [2.75, 3.05) is 26.7 Å². The molecule has 2 heterocycles. The number of morpholine rings is 1. The zero-order valence-corrected chi connectivity index (χ0v) is 14.9. The maximum Gasteiger partial charge on any atom is 0.225 e. The molecule has 0 saturated carbocycles. The van der Waals surface area contributed by atoms with E-state index in [1.54, 1.807) is 16.2 Å². The quantitative estimate of drug-likeness (QED) is 0.808. The van der Waals surface area contributed by atoms with E-state index >= 15 is 0 Å². The van der Waals surface area contributed by atoms with Crippen molar-refractivity contribution in [2.24, 2.45) is 0 Å². The van der Waals surface area contributed by atoms with Crippen LogP contribution in [0.2, 0.25) is 0 Å². The Morgan fingerprint density at radius 2 is 2.12 bits per heavy atom. The Balaban J connectivity index is 1.48. The van der Waals surface area contributed by atoms with Crippen LogP contribution in [0.15, 0.2) is 47.2 Å². The van der Waals surface area contributed by atoms with Gasteiger partial charge in [-0.3, -0.25) is 9.69 Å². The first-order chi connectivity index (χ1) is 11.7. The van der Waals surface area contributed by atoms with E-state index in [2.05, 4.69) is 40.6 Å². The Morgan fingerprint density at radius 1 is 1.29 bits per heavy atom. The summed E-state index contributed by atoms with van der Waals surface area (Å²) in [5, 5.41) is 4.13. The van der Waals surface area contributed by atoms with Gasteiger partial charge >= 0.3 is 0 Å². The van der Waals surface area contributed by atoms with Gasteiger partial charge in [0.15, 0.2) is 0 Å². The van der Waals surface area contributed by atoms with Crippen LogP contribution in [0.25, 0.3) is 0 Å². The summed E-state index contributed by atoms with van der Waals surface area (Å²) in [4.78, 5) is 16.6. The smallest absolute Gasteiger partial charge is 0.225 e. The van der Waals surface area contributed by atoms with Crippen LogP contribution in [0.1, 0.15) is 17.5 Å². The van der Waals surface area contributed by atoms with E-state index in [-0.39, 0.29) is 12.0 Å². The van der Waals surface area contributed by atoms with Gasteiger partial charge in [-0.15, -0.1) is 0 Å². The van der Waals surface area contributed by atoms with Crippen LogP contribution in [0, 0.1) is 0 Å². The van der Waals surface area contributed by atoms with E-state index in [0.717, 1.165) is 19.6 Å². The second kappa shape index (κ2) is 8.42. The number of hydrogen-bond acceptors (Lipinski definition) is 4. The molecule has 1 aliphatic heterocycles. The summed E-state index contributed by atoms with van der Waals surface area (Å²) in [5.41, 5.74) is 2.49. The van der Waals surface area contributed by atoms with Crippen LogP contribution in [0.5, 0.6) is 0 Å². The molecule has 0 aliphatic carbocycles. The molecule has 1 fully saturated rings. The predicted octanol–water partition coefficient (Wildman–Crippen LogP) is 3.00. The molecule has 4 nitrogen and oxygen atoms in total. The van der Waals surface area contributed by atoms with E-state index in [4.69, 9.17) is 4.74 Å². The maximum absolute atomic E-state index is 12.4. The van der Waals surface area contributed by atoms with E-state index in [9.17, 15) is 4.79 Å². The highest BCUT2D eigenvalue weighted by atomic mass is 32.1. The van der Waals surface area contributed by atoms with E-state index in [1.165, 1.54) is 11.1 Å². The summed E-state index contributed by atoms with van der Waals surface area (Å²) in [6, 6.07) is 12.5. The number of benzene rings is 1. The first-order valence-electron chi connectivity index (χ1n) is 8.33. The average molecular weight is 344 g/mol. The molecular weight excluding hydrogens is 320 g/mol. The van der Waals surface area contributed by atoms with Gasteiger partial charge in [0, 0.05) is 33.2 Å². The summed E-state index contributed by atoms with van der Waals surface area (Å²) in [6.45, 7) is 4.01. The molecule has 1 aromatic heterocycles. The predicted molar refractivity (Wildman–Crippen MR) is 96.9 cm³/mol. The van der Waals surface area contributed by atoms with E-state index < -0.39 is 0 Å². The van der Waals surface area contributed by atoms with Crippen molar-refractivity contribution in [3.63, 3.8) is 0 Å². The number of carbonyl (C=O) groups is 1. The molecule has 0 spiro atoms. The third-order valence-electron chi connectivity index (χ3n) is 4.30. The summed E-state index contributed by atoms with van der Waals surface area (Å²) in [7, 11) is 1.87. The molecule has 1 atom stereocenters. The largest absolute Gasteiger partial charge is 0.375 e. The van der Waals surface area contributed by atoms with Crippen LogP contribution in [0.3, 0.4) is 0 Å². The van der Waals surface area contributed by atoms with Crippen LogP contribution >= 0.6 is 11.3 Å². The molecular formula is C19H24N2O2S. The summed E-state index contributed by atoms with van der Waals surface area (Å²) >= 11 is 1.66. The first-order valence-corrected chi connectivity index (χ1v) is 9.28. The number of hydrogen-bond donors (Lipinski definition) is 0. The Bertz CT molecular complexity index is 630. The lowest BCUT2D eigenvalue weighted by Crippen LogP contribution is -2.44. The van der Waals surface area contributed by atoms with Gasteiger partial charge < -0.3 is 9.64 Å². The van der Waals surface area contributed by atoms with E-state index in [1.807, 2.05) is 18.5 Å². The van der Waals surface area contributed by atoms with Crippen molar-refractivity contribution in [2.45, 2.75) is 25.6 Å². The van der Waals surface area contributed by atoms with Crippen LogP contribution in [0.4, 0.5) is 0 Å². The molecule has 2 aromatic rings. The van der Waals surface area contributed by atoms with Crippen molar-refractivity contribution in [1.29, 1.82) is 0 Å². The second-order valence-corrected chi connectivity index (χ2v) is 7.08. The zero-order valence-electron chi connectivity index (χ0n) is 14.1. The highest BCUT2D eigenvalue weighted by Gasteiger charge is 2.24. The number of thiophene rings is 1. The molecule has 1 amide bonds. The minimum Gasteiger partial charge on any atom is -0.375 e. The van der Waals surface area contributed by atoms with Crippen molar-refractivity contribution in [3.05, 3.63) is 58.3 Å². The number of amides is 1. The summed E-state index contributed by atoms with van der Waals surface area (Å²) in [5.74, 6) is 0.146. The van der Waals surface area contributed by atoms with Crippen LogP contribution in [-0.4, -0.2) is 48.6 Å². The van der Waals surface area contributed by atoms with Gasteiger partial charge in [0.2, 0.25) is 5.91 Å². The van der Waals surface area contributed by atoms with Gasteiger partial charge in [-0.1, -0.05) is 30.3 Å². The lowest BCUT2D eigenvalue weighted by Gasteiger charge is -2.33. The summed E-state index contributed by atoms with van der Waals surface area (Å²) < 4.78 is 5.81. The van der Waals surface area contributed by atoms with Crippen LogP contribution in [-0.2, 0) is 22.6 Å². The highest BCUT2D eigenvalue weighted by Crippen LogP contribution is 2.15. The number of ether oxygens (including phenoxy) is 1. The van der Waals surface area contributed by atoms with Crippen LogP contribution < -0.4 is 0 Å². The Kier molecular flexibility index (Phi) is 6.01. The fourth-order valence-corrected chi connectivity index (χ4v) is 3.64.